The molecule has 0 aromatic heterocycles. The molecule has 0 saturated carbocycles. The number of halogens is 2. The first-order valence-corrected chi connectivity index (χ1v) is 9.45. The van der Waals surface area contributed by atoms with Gasteiger partial charge >= 0.3 is 0 Å². The van der Waals surface area contributed by atoms with E-state index in [0.717, 1.165) is 0 Å². The Hall–Kier alpha value is -1.96. The van der Waals surface area contributed by atoms with Gasteiger partial charge in [-0.25, -0.2) is 17.5 Å². The molecule has 2 aromatic carbocycles. The highest BCUT2D eigenvalue weighted by Crippen LogP contribution is 2.13. The Bertz CT molecular complexity index is 856. The fourth-order valence-electron chi connectivity index (χ4n) is 2.06. The standard InChI is InChI=1S/C17H18ClFN2O3S/c1-12(18)17(22)20-10-14-5-3-7-16(9-14)25(23,24)21-11-13-4-2-6-15(19)8-13/h2-9,12,21H,10-11H2,1H3,(H,20,22). The molecule has 0 spiro atoms. The zero-order valence-corrected chi connectivity index (χ0v) is 15.1. The van der Waals surface area contributed by atoms with Gasteiger partial charge in [0, 0.05) is 13.1 Å². The largest absolute Gasteiger partial charge is 0.351 e. The summed E-state index contributed by atoms with van der Waals surface area (Å²) >= 11 is 5.66. The van der Waals surface area contributed by atoms with E-state index in [2.05, 4.69) is 10.0 Å². The summed E-state index contributed by atoms with van der Waals surface area (Å²) in [5.74, 6) is -0.762. The van der Waals surface area contributed by atoms with E-state index in [-0.39, 0.29) is 23.9 Å². The Morgan fingerprint density at radius 2 is 1.76 bits per heavy atom. The molecule has 134 valence electrons. The Morgan fingerprint density at radius 1 is 1.12 bits per heavy atom. The lowest BCUT2D eigenvalue weighted by atomic mass is 10.2. The van der Waals surface area contributed by atoms with Crippen LogP contribution in [0.3, 0.4) is 0 Å². The van der Waals surface area contributed by atoms with Crippen molar-refractivity contribution in [3.8, 4) is 0 Å². The van der Waals surface area contributed by atoms with Gasteiger partial charge in [0.2, 0.25) is 15.9 Å². The van der Waals surface area contributed by atoms with Gasteiger partial charge in [-0.3, -0.25) is 4.79 Å². The van der Waals surface area contributed by atoms with E-state index in [1.807, 2.05) is 0 Å². The maximum atomic E-state index is 13.1. The van der Waals surface area contributed by atoms with Crippen LogP contribution in [-0.4, -0.2) is 19.7 Å². The molecule has 2 N–H and O–H groups in total. The monoisotopic (exact) mass is 384 g/mol. The molecule has 0 heterocycles. The molecule has 0 bridgehead atoms. The number of alkyl halides is 1. The molecule has 2 rings (SSSR count). The molecule has 0 aliphatic heterocycles. The number of rotatable bonds is 7. The summed E-state index contributed by atoms with van der Waals surface area (Å²) in [5, 5.41) is 1.95. The maximum Gasteiger partial charge on any atom is 0.240 e. The fourth-order valence-corrected chi connectivity index (χ4v) is 3.23. The number of hydrogen-bond donors (Lipinski definition) is 2. The van der Waals surface area contributed by atoms with Crippen LogP contribution in [0, 0.1) is 5.82 Å². The molecular formula is C17H18ClFN2O3S. The predicted octanol–water partition coefficient (Wildman–Crippen LogP) is 2.55. The summed E-state index contributed by atoms with van der Waals surface area (Å²) in [6.07, 6.45) is 0. The quantitative estimate of drug-likeness (QED) is 0.720. The van der Waals surface area contributed by atoms with Crippen LogP contribution >= 0.6 is 11.6 Å². The third kappa shape index (κ3) is 5.81. The Labute approximate surface area is 151 Å². The van der Waals surface area contributed by atoms with Crippen LogP contribution in [-0.2, 0) is 27.9 Å². The van der Waals surface area contributed by atoms with Crippen molar-refractivity contribution in [3.63, 3.8) is 0 Å². The van der Waals surface area contributed by atoms with Gasteiger partial charge in [-0.15, -0.1) is 11.6 Å². The molecule has 1 atom stereocenters. The highest BCUT2D eigenvalue weighted by molar-refractivity contribution is 7.89. The molecule has 0 aliphatic rings. The number of nitrogens with one attached hydrogen (secondary N) is 2. The Kier molecular flexibility index (Phi) is 6.52. The van der Waals surface area contributed by atoms with Gasteiger partial charge in [-0.05, 0) is 42.3 Å². The second-order valence-electron chi connectivity index (χ2n) is 5.44. The van der Waals surface area contributed by atoms with Crippen molar-refractivity contribution in [2.75, 3.05) is 0 Å². The van der Waals surface area contributed by atoms with E-state index in [4.69, 9.17) is 11.6 Å². The van der Waals surface area contributed by atoms with E-state index >= 15 is 0 Å². The first kappa shape index (κ1) is 19.4. The topological polar surface area (TPSA) is 75.3 Å². The van der Waals surface area contributed by atoms with Crippen LogP contribution in [0.4, 0.5) is 4.39 Å². The average Bonchev–Trinajstić information content (AvgIpc) is 2.58. The van der Waals surface area contributed by atoms with Gasteiger partial charge in [-0.1, -0.05) is 24.3 Å². The van der Waals surface area contributed by atoms with Crippen LogP contribution < -0.4 is 10.0 Å². The van der Waals surface area contributed by atoms with Crippen LogP contribution in [0.2, 0.25) is 0 Å². The summed E-state index contributed by atoms with van der Waals surface area (Å²) in [6.45, 7) is 1.70. The average molecular weight is 385 g/mol. The summed E-state index contributed by atoms with van der Waals surface area (Å²) in [6, 6.07) is 11.9. The number of benzene rings is 2. The summed E-state index contributed by atoms with van der Waals surface area (Å²) in [4.78, 5) is 11.5. The molecule has 0 saturated heterocycles. The third-order valence-corrected chi connectivity index (χ3v) is 4.99. The molecule has 0 radical (unpaired) electrons. The van der Waals surface area contributed by atoms with Gasteiger partial charge in [0.15, 0.2) is 0 Å². The summed E-state index contributed by atoms with van der Waals surface area (Å²) < 4.78 is 40.3. The van der Waals surface area contributed by atoms with Crippen molar-refractivity contribution in [2.45, 2.75) is 30.3 Å². The van der Waals surface area contributed by atoms with Crippen molar-refractivity contribution in [1.82, 2.24) is 10.0 Å². The number of sulfonamides is 1. The first-order chi connectivity index (χ1) is 11.8. The smallest absolute Gasteiger partial charge is 0.240 e. The molecule has 8 heteroatoms. The molecule has 1 unspecified atom stereocenters. The van der Waals surface area contributed by atoms with Crippen LogP contribution in [0.1, 0.15) is 18.1 Å². The third-order valence-electron chi connectivity index (χ3n) is 3.39. The summed E-state index contributed by atoms with van der Waals surface area (Å²) in [7, 11) is -3.76. The minimum absolute atomic E-state index is 0.0230. The van der Waals surface area contributed by atoms with E-state index in [9.17, 15) is 17.6 Å². The molecule has 0 aliphatic carbocycles. The van der Waals surface area contributed by atoms with Crippen LogP contribution in [0.25, 0.3) is 0 Å². The number of carbonyl (C=O) groups is 1. The lowest BCUT2D eigenvalue weighted by Crippen LogP contribution is -2.29. The zero-order valence-electron chi connectivity index (χ0n) is 13.5. The molecule has 5 nitrogen and oxygen atoms in total. The highest BCUT2D eigenvalue weighted by atomic mass is 35.5. The molecule has 25 heavy (non-hydrogen) atoms. The minimum atomic E-state index is -3.76. The predicted molar refractivity (Wildman–Crippen MR) is 94.0 cm³/mol. The van der Waals surface area contributed by atoms with E-state index in [1.54, 1.807) is 25.1 Å². The van der Waals surface area contributed by atoms with E-state index in [0.29, 0.717) is 11.1 Å². The number of carbonyl (C=O) groups excluding carboxylic acids is 1. The van der Waals surface area contributed by atoms with Gasteiger partial charge < -0.3 is 5.32 Å². The lowest BCUT2D eigenvalue weighted by Gasteiger charge is -2.10. The Balaban J connectivity index is 2.06. The minimum Gasteiger partial charge on any atom is -0.351 e. The van der Waals surface area contributed by atoms with Gasteiger partial charge in [0.25, 0.3) is 0 Å². The van der Waals surface area contributed by atoms with Crippen LogP contribution in [0.5, 0.6) is 0 Å². The van der Waals surface area contributed by atoms with Crippen molar-refractivity contribution >= 4 is 27.5 Å². The second kappa shape index (κ2) is 8.42. The lowest BCUT2D eigenvalue weighted by molar-refractivity contribution is -0.120. The first-order valence-electron chi connectivity index (χ1n) is 7.53. The van der Waals surface area contributed by atoms with Crippen molar-refractivity contribution in [2.24, 2.45) is 0 Å². The fraction of sp³-hybridized carbons (Fsp3) is 0.235. The molecule has 0 fully saturated rings. The van der Waals surface area contributed by atoms with Crippen LogP contribution in [0.15, 0.2) is 53.4 Å². The molecule has 2 aromatic rings. The molecular weight excluding hydrogens is 367 g/mol. The van der Waals surface area contributed by atoms with E-state index in [1.165, 1.54) is 30.3 Å². The van der Waals surface area contributed by atoms with Gasteiger partial charge in [0.1, 0.15) is 11.2 Å². The second-order valence-corrected chi connectivity index (χ2v) is 7.86. The molecule has 1 amide bonds. The zero-order chi connectivity index (χ0) is 18.4. The Morgan fingerprint density at radius 3 is 2.40 bits per heavy atom. The summed E-state index contributed by atoms with van der Waals surface area (Å²) in [5.41, 5.74) is 1.14. The van der Waals surface area contributed by atoms with Crippen molar-refractivity contribution < 1.29 is 17.6 Å². The van der Waals surface area contributed by atoms with Crippen molar-refractivity contribution in [1.29, 1.82) is 0 Å². The normalized spacial score (nSPS) is 12.6. The number of amides is 1. The highest BCUT2D eigenvalue weighted by Gasteiger charge is 2.15. The maximum absolute atomic E-state index is 13.1. The van der Waals surface area contributed by atoms with E-state index < -0.39 is 21.2 Å². The SMILES string of the molecule is CC(Cl)C(=O)NCc1cccc(S(=O)(=O)NCc2cccc(F)c2)c1. The van der Waals surface area contributed by atoms with Gasteiger partial charge in [-0.2, -0.15) is 0 Å². The number of hydrogen-bond acceptors (Lipinski definition) is 3. The van der Waals surface area contributed by atoms with Crippen molar-refractivity contribution in [3.05, 3.63) is 65.5 Å². The van der Waals surface area contributed by atoms with Gasteiger partial charge in [0.05, 0.1) is 4.90 Å².